The lowest BCUT2D eigenvalue weighted by molar-refractivity contribution is -0.137. The van der Waals surface area contributed by atoms with Gasteiger partial charge in [0, 0.05) is 19.5 Å². The minimum atomic E-state index is -4.41. The lowest BCUT2D eigenvalue weighted by Crippen LogP contribution is -2.43. The monoisotopic (exact) mass is 480 g/mol. The Morgan fingerprint density at radius 2 is 1.94 bits per heavy atom. The second kappa shape index (κ2) is 10.2. The zero-order valence-corrected chi connectivity index (χ0v) is 19.4. The number of ether oxygens (including phenoxy) is 1. The lowest BCUT2D eigenvalue weighted by atomic mass is 10.1. The molecule has 0 atom stereocenters. The molecule has 1 aromatic carbocycles. The number of carbonyl (C=O) groups is 1. The number of fused-ring (bicyclic) bond motifs is 1. The SMILES string of the molecule is C/C=C(/C)OC(=O)N1CCc2nc(NCc3ccc(C(F)(F)F)cc3)n(OC(C)C)c(=O)c2C1. The molecule has 11 heteroatoms. The van der Waals surface area contributed by atoms with E-state index >= 15 is 0 Å². The fourth-order valence-corrected chi connectivity index (χ4v) is 3.29. The predicted octanol–water partition coefficient (Wildman–Crippen LogP) is 4.13. The molecule has 0 saturated heterocycles. The summed E-state index contributed by atoms with van der Waals surface area (Å²) in [5, 5.41) is 2.98. The Kier molecular flexibility index (Phi) is 7.53. The molecule has 1 amide bonds. The minimum absolute atomic E-state index is 0.0254. The molecule has 0 radical (unpaired) electrons. The van der Waals surface area contributed by atoms with E-state index in [1.807, 2.05) is 0 Å². The van der Waals surface area contributed by atoms with Crippen molar-refractivity contribution in [1.82, 2.24) is 14.6 Å². The standard InChI is InChI=1S/C23H27F3N4O4/c1-5-15(4)33-22(32)29-11-10-19-18(13-29)20(31)30(34-14(2)3)21(28-19)27-12-16-6-8-17(9-7-16)23(24,25)26/h5-9,14H,10-13H2,1-4H3,(H,27,28)/b15-5-. The summed E-state index contributed by atoms with van der Waals surface area (Å²) < 4.78 is 44.6. The van der Waals surface area contributed by atoms with Gasteiger partial charge in [0.05, 0.1) is 23.4 Å². The fourth-order valence-electron chi connectivity index (χ4n) is 3.29. The van der Waals surface area contributed by atoms with Gasteiger partial charge < -0.3 is 19.8 Å². The zero-order valence-electron chi connectivity index (χ0n) is 19.4. The fraction of sp³-hybridized carbons (Fsp3) is 0.435. The average molecular weight is 480 g/mol. The van der Waals surface area contributed by atoms with Crippen LogP contribution >= 0.6 is 0 Å². The Hall–Kier alpha value is -3.50. The van der Waals surface area contributed by atoms with Crippen LogP contribution < -0.4 is 15.7 Å². The van der Waals surface area contributed by atoms with Crippen LogP contribution in [0.4, 0.5) is 23.9 Å². The highest BCUT2D eigenvalue weighted by molar-refractivity contribution is 5.69. The molecule has 0 unspecified atom stereocenters. The average Bonchev–Trinajstić information content (AvgIpc) is 2.78. The highest BCUT2D eigenvalue weighted by Gasteiger charge is 2.30. The smallest absolute Gasteiger partial charge is 0.415 e. The molecule has 2 aromatic rings. The van der Waals surface area contributed by atoms with E-state index in [4.69, 9.17) is 9.57 Å². The first-order valence-corrected chi connectivity index (χ1v) is 10.8. The number of rotatable bonds is 6. The van der Waals surface area contributed by atoms with Crippen molar-refractivity contribution in [3.63, 3.8) is 0 Å². The number of carbonyl (C=O) groups excluding carboxylic acids is 1. The van der Waals surface area contributed by atoms with Crippen LogP contribution in [0, 0.1) is 0 Å². The molecular weight excluding hydrogens is 453 g/mol. The van der Waals surface area contributed by atoms with E-state index in [1.165, 1.54) is 17.0 Å². The van der Waals surface area contributed by atoms with Crippen LogP contribution in [0.1, 0.15) is 50.1 Å². The highest BCUT2D eigenvalue weighted by atomic mass is 19.4. The van der Waals surface area contributed by atoms with Gasteiger partial charge in [-0.05, 0) is 51.5 Å². The first-order chi connectivity index (χ1) is 16.0. The maximum Gasteiger partial charge on any atom is 0.416 e. The summed E-state index contributed by atoms with van der Waals surface area (Å²) in [5.74, 6) is 0.593. The maximum absolute atomic E-state index is 13.2. The summed E-state index contributed by atoms with van der Waals surface area (Å²) >= 11 is 0. The number of nitrogens with one attached hydrogen (secondary N) is 1. The van der Waals surface area contributed by atoms with Gasteiger partial charge in [-0.3, -0.25) is 4.79 Å². The van der Waals surface area contributed by atoms with E-state index in [0.29, 0.717) is 35.5 Å². The summed E-state index contributed by atoms with van der Waals surface area (Å²) in [6.07, 6.45) is -3.32. The van der Waals surface area contributed by atoms with Crippen molar-refractivity contribution < 1.29 is 27.5 Å². The summed E-state index contributed by atoms with van der Waals surface area (Å²) in [4.78, 5) is 37.2. The number of anilines is 1. The molecule has 1 aliphatic heterocycles. The van der Waals surface area contributed by atoms with Crippen molar-refractivity contribution in [3.8, 4) is 0 Å². The lowest BCUT2D eigenvalue weighted by Gasteiger charge is -2.28. The summed E-state index contributed by atoms with van der Waals surface area (Å²) in [6.45, 7) is 7.38. The van der Waals surface area contributed by atoms with Crippen molar-refractivity contribution >= 4 is 12.0 Å². The van der Waals surface area contributed by atoms with Gasteiger partial charge in [0.2, 0.25) is 5.95 Å². The van der Waals surface area contributed by atoms with Crippen molar-refractivity contribution in [2.75, 3.05) is 11.9 Å². The van der Waals surface area contributed by atoms with Crippen LogP contribution in [0.2, 0.25) is 0 Å². The third kappa shape index (κ3) is 5.89. The molecule has 1 N–H and O–H groups in total. The number of nitrogens with zero attached hydrogens (tertiary/aromatic N) is 3. The molecule has 1 aliphatic rings. The van der Waals surface area contributed by atoms with Gasteiger partial charge in [-0.15, -0.1) is 4.73 Å². The second-order valence-corrected chi connectivity index (χ2v) is 8.10. The molecule has 0 aliphatic carbocycles. The molecule has 3 rings (SSSR count). The molecule has 2 heterocycles. The van der Waals surface area contributed by atoms with E-state index in [2.05, 4.69) is 10.3 Å². The van der Waals surface area contributed by atoms with Gasteiger partial charge in [-0.25, -0.2) is 9.78 Å². The van der Waals surface area contributed by atoms with Crippen LogP contribution in [-0.2, 0) is 30.4 Å². The number of alkyl halides is 3. The van der Waals surface area contributed by atoms with Gasteiger partial charge in [-0.2, -0.15) is 13.2 Å². The number of halogens is 3. The van der Waals surface area contributed by atoms with Crippen LogP contribution in [0.5, 0.6) is 0 Å². The number of amides is 1. The molecule has 0 bridgehead atoms. The van der Waals surface area contributed by atoms with Crippen molar-refractivity contribution in [3.05, 3.63) is 68.8 Å². The third-order valence-corrected chi connectivity index (χ3v) is 5.15. The Labute approximate surface area is 194 Å². The van der Waals surface area contributed by atoms with E-state index in [-0.39, 0.29) is 25.1 Å². The molecule has 0 saturated carbocycles. The summed E-state index contributed by atoms with van der Waals surface area (Å²) in [5.41, 5.74) is 0.214. The predicted molar refractivity (Wildman–Crippen MR) is 119 cm³/mol. The van der Waals surface area contributed by atoms with Crippen molar-refractivity contribution in [2.24, 2.45) is 0 Å². The Balaban J connectivity index is 1.84. The van der Waals surface area contributed by atoms with Crippen molar-refractivity contribution in [1.29, 1.82) is 0 Å². The van der Waals surface area contributed by atoms with Gasteiger partial charge in [0.25, 0.3) is 5.56 Å². The largest absolute Gasteiger partial charge is 0.416 e. The Morgan fingerprint density at radius 1 is 1.26 bits per heavy atom. The van der Waals surface area contributed by atoms with Gasteiger partial charge in [0.15, 0.2) is 0 Å². The van der Waals surface area contributed by atoms with Crippen LogP contribution in [0.25, 0.3) is 0 Å². The summed E-state index contributed by atoms with van der Waals surface area (Å²) in [6, 6.07) is 4.71. The van der Waals surface area contributed by atoms with Gasteiger partial charge >= 0.3 is 12.3 Å². The number of allylic oxidation sites excluding steroid dienone is 2. The first kappa shape index (κ1) is 25.1. The van der Waals surface area contributed by atoms with Gasteiger partial charge in [0.1, 0.15) is 11.9 Å². The molecule has 1 aromatic heterocycles. The Morgan fingerprint density at radius 3 is 2.53 bits per heavy atom. The molecule has 34 heavy (non-hydrogen) atoms. The molecule has 0 spiro atoms. The van der Waals surface area contributed by atoms with Crippen LogP contribution in [0.3, 0.4) is 0 Å². The summed E-state index contributed by atoms with van der Waals surface area (Å²) in [7, 11) is 0. The number of hydrogen-bond acceptors (Lipinski definition) is 6. The quantitative estimate of drug-likeness (QED) is 0.626. The van der Waals surface area contributed by atoms with E-state index in [0.717, 1.165) is 16.9 Å². The topological polar surface area (TPSA) is 85.7 Å². The first-order valence-electron chi connectivity index (χ1n) is 10.8. The van der Waals surface area contributed by atoms with E-state index < -0.39 is 23.4 Å². The highest BCUT2D eigenvalue weighted by Crippen LogP contribution is 2.29. The van der Waals surface area contributed by atoms with Gasteiger partial charge in [-0.1, -0.05) is 12.1 Å². The van der Waals surface area contributed by atoms with Crippen molar-refractivity contribution in [2.45, 2.75) is 59.5 Å². The van der Waals surface area contributed by atoms with Crippen LogP contribution in [-0.4, -0.2) is 33.4 Å². The number of aromatic nitrogens is 2. The minimum Gasteiger partial charge on any atom is -0.415 e. The zero-order chi connectivity index (χ0) is 25.0. The molecular formula is C23H27F3N4O4. The normalized spacial score (nSPS) is 14.1. The third-order valence-electron chi connectivity index (χ3n) is 5.15. The van der Waals surface area contributed by atoms with E-state index in [1.54, 1.807) is 33.8 Å². The maximum atomic E-state index is 13.2. The molecule has 0 fully saturated rings. The van der Waals surface area contributed by atoms with Crippen LogP contribution in [0.15, 0.2) is 40.9 Å². The second-order valence-electron chi connectivity index (χ2n) is 8.10. The molecule has 8 nitrogen and oxygen atoms in total. The number of benzene rings is 1. The number of hydrogen-bond donors (Lipinski definition) is 1. The van der Waals surface area contributed by atoms with E-state index in [9.17, 15) is 22.8 Å². The molecule has 184 valence electrons. The Bertz CT molecular complexity index is 1120.